The molecule has 11 heteroatoms. The first-order valence-corrected chi connectivity index (χ1v) is 10.0. The molecule has 0 aromatic carbocycles. The summed E-state index contributed by atoms with van der Waals surface area (Å²) in [4.78, 5) is 40.8. The summed E-state index contributed by atoms with van der Waals surface area (Å²) in [6, 6.07) is -2.00. The molecule has 2 aliphatic rings. The van der Waals surface area contributed by atoms with E-state index in [2.05, 4.69) is 4.98 Å². The Kier molecular flexibility index (Phi) is 6.54. The first-order chi connectivity index (χ1) is 14.1. The van der Waals surface area contributed by atoms with Gasteiger partial charge in [0.15, 0.2) is 6.04 Å². The molecule has 1 saturated heterocycles. The van der Waals surface area contributed by atoms with Gasteiger partial charge >= 0.3 is 18.2 Å². The summed E-state index contributed by atoms with van der Waals surface area (Å²) in [5, 5.41) is 11.5. The molecule has 1 aliphatic carbocycles. The number of carbonyl (C=O) groups excluding carboxylic acids is 2. The van der Waals surface area contributed by atoms with Crippen LogP contribution in [0.3, 0.4) is 0 Å². The number of alkyl halides is 3. The highest BCUT2D eigenvalue weighted by atomic mass is 35.5. The van der Waals surface area contributed by atoms with Gasteiger partial charge in [0, 0.05) is 6.20 Å². The number of imide groups is 1. The molecule has 164 valence electrons. The number of nitrogens with one attached hydrogen (secondary N) is 1. The number of aromatic nitrogens is 1. The summed E-state index contributed by atoms with van der Waals surface area (Å²) >= 11 is 5.78. The van der Waals surface area contributed by atoms with Gasteiger partial charge in [-0.05, 0) is 42.9 Å². The number of carboxylic acid groups (broad SMARTS) is 1. The average Bonchev–Trinajstić information content (AvgIpc) is 2.67. The van der Waals surface area contributed by atoms with Crippen LogP contribution in [-0.4, -0.2) is 51.2 Å². The second kappa shape index (κ2) is 8.79. The molecule has 2 N–H and O–H groups in total. The number of halogens is 4. The molecular formula is C19H21ClF3N3O4. The van der Waals surface area contributed by atoms with Crippen molar-refractivity contribution in [2.24, 2.45) is 11.8 Å². The maximum absolute atomic E-state index is 13.6. The number of carboxylic acids is 1. The standard InChI is InChI=1S/C19H21ClF3N3O4/c20-13-9-10(6-7-24-13)8-12-14(17(28)29)26(16(12)27)18(30)25-15(19(21,22)23)11-4-2-1-3-5-11/h6-7,9,11-12,14-15H,1-5,8H2,(H,25,30)(H,28,29)/t12-,14+,15+/m1/s1. The van der Waals surface area contributed by atoms with Crippen LogP contribution < -0.4 is 5.32 Å². The lowest BCUT2D eigenvalue weighted by molar-refractivity contribution is -0.172. The van der Waals surface area contributed by atoms with Gasteiger partial charge < -0.3 is 10.4 Å². The van der Waals surface area contributed by atoms with E-state index in [1.807, 2.05) is 5.32 Å². The molecule has 3 atom stereocenters. The van der Waals surface area contributed by atoms with Gasteiger partial charge in [0.1, 0.15) is 11.2 Å². The van der Waals surface area contributed by atoms with Crippen molar-refractivity contribution in [1.82, 2.24) is 15.2 Å². The quantitative estimate of drug-likeness (QED) is 0.532. The van der Waals surface area contributed by atoms with Gasteiger partial charge in [-0.2, -0.15) is 13.2 Å². The maximum atomic E-state index is 13.6. The number of nitrogens with zero attached hydrogens (tertiary/aromatic N) is 2. The van der Waals surface area contributed by atoms with Crippen molar-refractivity contribution in [3.63, 3.8) is 0 Å². The predicted molar refractivity (Wildman–Crippen MR) is 99.7 cm³/mol. The number of urea groups is 1. The number of aliphatic carboxylic acids is 1. The normalized spacial score (nSPS) is 23.6. The number of rotatable bonds is 5. The number of likely N-dealkylation sites (tertiary alicyclic amines) is 1. The summed E-state index contributed by atoms with van der Waals surface area (Å²) in [5.74, 6) is -4.17. The molecule has 2 fully saturated rings. The third-order valence-electron chi connectivity index (χ3n) is 5.69. The van der Waals surface area contributed by atoms with Crippen molar-refractivity contribution >= 4 is 29.5 Å². The fraction of sp³-hybridized carbons (Fsp3) is 0.579. The predicted octanol–water partition coefficient (Wildman–Crippen LogP) is 3.41. The third-order valence-corrected chi connectivity index (χ3v) is 5.89. The number of β-lactam (4-membered cyclic amide) rings is 1. The van der Waals surface area contributed by atoms with Gasteiger partial charge in [0.05, 0.1) is 5.92 Å². The third kappa shape index (κ3) is 4.69. The minimum Gasteiger partial charge on any atom is -0.480 e. The number of hydrogen-bond donors (Lipinski definition) is 2. The minimum absolute atomic E-state index is 0.0207. The first-order valence-electron chi connectivity index (χ1n) is 9.63. The van der Waals surface area contributed by atoms with Gasteiger partial charge in [-0.15, -0.1) is 0 Å². The van der Waals surface area contributed by atoms with E-state index in [1.165, 1.54) is 12.3 Å². The zero-order chi connectivity index (χ0) is 22.1. The SMILES string of the molecule is O=C(O)[C@@H]1[C@@H](Cc2ccnc(Cl)c2)C(=O)N1C(=O)N[C@@H](C1CCCCC1)C(F)(F)F. The Morgan fingerprint density at radius 2 is 1.97 bits per heavy atom. The fourth-order valence-corrected chi connectivity index (χ4v) is 4.41. The van der Waals surface area contributed by atoms with Crippen LogP contribution >= 0.6 is 11.6 Å². The summed E-state index contributed by atoms with van der Waals surface area (Å²) < 4.78 is 40.7. The number of pyridine rings is 1. The van der Waals surface area contributed by atoms with Gasteiger partial charge in [-0.1, -0.05) is 30.9 Å². The fourth-order valence-electron chi connectivity index (χ4n) is 4.22. The Hall–Kier alpha value is -2.36. The lowest BCUT2D eigenvalue weighted by atomic mass is 9.82. The van der Waals surface area contributed by atoms with Crippen molar-refractivity contribution in [2.45, 2.75) is 56.8 Å². The number of hydrogen-bond acceptors (Lipinski definition) is 4. The first kappa shape index (κ1) is 22.3. The molecule has 1 aromatic rings. The molecule has 0 bridgehead atoms. The van der Waals surface area contributed by atoms with Crippen LogP contribution in [0.2, 0.25) is 5.15 Å². The largest absolute Gasteiger partial charge is 0.480 e. The molecule has 2 heterocycles. The molecule has 1 aliphatic heterocycles. The second-order valence-electron chi connectivity index (χ2n) is 7.66. The Morgan fingerprint density at radius 3 is 2.53 bits per heavy atom. The van der Waals surface area contributed by atoms with Crippen molar-refractivity contribution in [2.75, 3.05) is 0 Å². The van der Waals surface area contributed by atoms with Crippen LogP contribution in [-0.2, 0) is 16.0 Å². The Balaban J connectivity index is 1.74. The van der Waals surface area contributed by atoms with Crippen molar-refractivity contribution in [3.8, 4) is 0 Å². The lowest BCUT2D eigenvalue weighted by Gasteiger charge is -2.44. The molecule has 3 amide bonds. The molecular weight excluding hydrogens is 427 g/mol. The molecule has 0 unspecified atom stereocenters. The zero-order valence-corrected chi connectivity index (χ0v) is 16.6. The molecule has 1 saturated carbocycles. The van der Waals surface area contributed by atoms with Gasteiger partial charge in [0.25, 0.3) is 0 Å². The zero-order valence-electron chi connectivity index (χ0n) is 15.9. The van der Waals surface area contributed by atoms with Gasteiger partial charge in [-0.25, -0.2) is 19.5 Å². The summed E-state index contributed by atoms with van der Waals surface area (Å²) in [6.45, 7) is 0. The van der Waals surface area contributed by atoms with Crippen LogP contribution in [0.15, 0.2) is 18.3 Å². The molecule has 30 heavy (non-hydrogen) atoms. The van der Waals surface area contributed by atoms with Crippen LogP contribution in [0.25, 0.3) is 0 Å². The highest BCUT2D eigenvalue weighted by molar-refractivity contribution is 6.29. The van der Waals surface area contributed by atoms with E-state index in [1.54, 1.807) is 6.07 Å². The Labute approximate surface area is 175 Å². The minimum atomic E-state index is -4.70. The van der Waals surface area contributed by atoms with E-state index in [0.717, 1.165) is 6.42 Å². The summed E-state index contributed by atoms with van der Waals surface area (Å²) in [5.41, 5.74) is 0.537. The van der Waals surface area contributed by atoms with Crippen molar-refractivity contribution in [1.29, 1.82) is 0 Å². The van der Waals surface area contributed by atoms with Gasteiger partial charge in [0.2, 0.25) is 5.91 Å². The molecule has 3 rings (SSSR count). The molecule has 0 radical (unpaired) electrons. The van der Waals surface area contributed by atoms with Crippen molar-refractivity contribution < 1.29 is 32.7 Å². The van der Waals surface area contributed by atoms with Crippen molar-refractivity contribution in [3.05, 3.63) is 29.0 Å². The monoisotopic (exact) mass is 447 g/mol. The lowest BCUT2D eigenvalue weighted by Crippen LogP contribution is -2.70. The van der Waals surface area contributed by atoms with Gasteiger partial charge in [-0.3, -0.25) is 4.79 Å². The topological polar surface area (TPSA) is 99.6 Å². The van der Waals surface area contributed by atoms with Crippen LogP contribution in [0.4, 0.5) is 18.0 Å². The second-order valence-corrected chi connectivity index (χ2v) is 8.04. The van der Waals surface area contributed by atoms with Crippen LogP contribution in [0.1, 0.15) is 37.7 Å². The van der Waals surface area contributed by atoms with E-state index in [9.17, 15) is 32.7 Å². The summed E-state index contributed by atoms with van der Waals surface area (Å²) in [6.07, 6.45) is -0.613. The van der Waals surface area contributed by atoms with E-state index < -0.39 is 48.0 Å². The smallest absolute Gasteiger partial charge is 0.408 e. The molecule has 0 spiro atoms. The maximum Gasteiger partial charge on any atom is 0.408 e. The van der Waals surface area contributed by atoms with E-state index in [4.69, 9.17) is 11.6 Å². The van der Waals surface area contributed by atoms with E-state index >= 15 is 0 Å². The average molecular weight is 448 g/mol. The van der Waals surface area contributed by atoms with E-state index in [0.29, 0.717) is 36.1 Å². The summed E-state index contributed by atoms with van der Waals surface area (Å²) in [7, 11) is 0. The highest BCUT2D eigenvalue weighted by Crippen LogP contribution is 2.36. The molecule has 1 aromatic heterocycles. The highest BCUT2D eigenvalue weighted by Gasteiger charge is 2.56. The van der Waals surface area contributed by atoms with Crippen LogP contribution in [0, 0.1) is 11.8 Å². The van der Waals surface area contributed by atoms with Crippen LogP contribution in [0.5, 0.6) is 0 Å². The number of amides is 3. The Morgan fingerprint density at radius 1 is 1.30 bits per heavy atom. The Bertz CT molecular complexity index is 829. The number of carbonyl (C=O) groups is 3. The molecule has 7 nitrogen and oxygen atoms in total. The van der Waals surface area contributed by atoms with E-state index in [-0.39, 0.29) is 11.6 Å².